The van der Waals surface area contributed by atoms with Crippen molar-refractivity contribution in [3.63, 3.8) is 0 Å². The largest absolute Gasteiger partial charge is 0.447 e. The van der Waals surface area contributed by atoms with E-state index in [1.54, 1.807) is 35.0 Å². The van der Waals surface area contributed by atoms with Gasteiger partial charge in [-0.1, -0.05) is 54.1 Å². The Morgan fingerprint density at radius 3 is 2.73 bits per heavy atom. The lowest BCUT2D eigenvalue weighted by Crippen LogP contribution is -2.23. The Morgan fingerprint density at radius 1 is 1.20 bits per heavy atom. The Balaban J connectivity index is 1.53. The molecule has 0 atom stereocenters. The topological polar surface area (TPSA) is 64.4 Å². The number of aryl methyl sites for hydroxylation is 1. The van der Waals surface area contributed by atoms with Crippen LogP contribution in [0.2, 0.25) is 5.15 Å². The van der Waals surface area contributed by atoms with Crippen molar-refractivity contribution in [2.24, 2.45) is 0 Å². The predicted molar refractivity (Wildman–Crippen MR) is 116 cm³/mol. The number of carbonyl (C=O) groups is 2. The Hall–Kier alpha value is -3.38. The van der Waals surface area contributed by atoms with Gasteiger partial charge in [-0.25, -0.2) is 9.48 Å². The lowest BCUT2D eigenvalue weighted by Gasteiger charge is -2.13. The van der Waals surface area contributed by atoms with Gasteiger partial charge in [-0.05, 0) is 36.8 Å². The molecule has 0 saturated carbocycles. The first-order chi connectivity index (χ1) is 14.5. The van der Waals surface area contributed by atoms with Crippen molar-refractivity contribution < 1.29 is 14.3 Å². The summed E-state index contributed by atoms with van der Waals surface area (Å²) < 4.78 is 6.68. The van der Waals surface area contributed by atoms with Gasteiger partial charge in [0.2, 0.25) is 0 Å². The maximum absolute atomic E-state index is 12.7. The summed E-state index contributed by atoms with van der Waals surface area (Å²) in [7, 11) is 0. The minimum atomic E-state index is -0.400. The maximum Gasteiger partial charge on any atom is 0.414 e. The van der Waals surface area contributed by atoms with E-state index < -0.39 is 6.09 Å². The summed E-state index contributed by atoms with van der Waals surface area (Å²) >= 11 is 6.52. The summed E-state index contributed by atoms with van der Waals surface area (Å²) in [6.07, 6.45) is 2.76. The number of anilines is 1. The summed E-state index contributed by atoms with van der Waals surface area (Å²) in [5.74, 6) is -0.185. The fraction of sp³-hybridized carbons (Fsp3) is 0.174. The molecule has 0 aliphatic carbocycles. The standard InChI is InChI=1S/C23H20ClN3O3/c1-16-20(22(24)27(25-16)15-17-6-3-2-4-7-17)10-11-21(28)18-8-5-9-19(14-18)26-12-13-30-23(26)29/h2-11,14H,12-13,15H2,1H3. The monoisotopic (exact) mass is 421 g/mol. The maximum atomic E-state index is 12.7. The predicted octanol–water partition coefficient (Wildman–Crippen LogP) is 4.75. The first-order valence-electron chi connectivity index (χ1n) is 9.56. The van der Waals surface area contributed by atoms with Crippen molar-refractivity contribution in [1.29, 1.82) is 0 Å². The molecule has 30 heavy (non-hydrogen) atoms. The molecule has 6 nitrogen and oxygen atoms in total. The van der Waals surface area contributed by atoms with Gasteiger partial charge in [0.1, 0.15) is 11.8 Å². The second-order valence-corrected chi connectivity index (χ2v) is 7.31. The van der Waals surface area contributed by atoms with Gasteiger partial charge in [-0.3, -0.25) is 9.69 Å². The molecular formula is C23H20ClN3O3. The van der Waals surface area contributed by atoms with Crippen LogP contribution in [-0.4, -0.2) is 34.8 Å². The molecule has 3 aromatic rings. The van der Waals surface area contributed by atoms with Crippen LogP contribution in [0, 0.1) is 6.92 Å². The molecule has 1 aliphatic heterocycles. The Bertz CT molecular complexity index is 1120. The third kappa shape index (κ3) is 4.14. The molecule has 7 heteroatoms. The number of allylic oxidation sites excluding steroid dienone is 1. The molecular weight excluding hydrogens is 402 g/mol. The number of hydrogen-bond acceptors (Lipinski definition) is 4. The summed E-state index contributed by atoms with van der Waals surface area (Å²) in [5, 5.41) is 4.98. The van der Waals surface area contributed by atoms with E-state index in [1.165, 1.54) is 11.0 Å². The number of nitrogens with zero attached hydrogens (tertiary/aromatic N) is 3. The quantitative estimate of drug-likeness (QED) is 0.425. The van der Waals surface area contributed by atoms with Crippen molar-refractivity contribution in [1.82, 2.24) is 9.78 Å². The van der Waals surface area contributed by atoms with Gasteiger partial charge in [-0.2, -0.15) is 5.10 Å². The number of ketones is 1. The number of hydrogen-bond donors (Lipinski definition) is 0. The van der Waals surface area contributed by atoms with Gasteiger partial charge >= 0.3 is 6.09 Å². The summed E-state index contributed by atoms with van der Waals surface area (Å²) in [6.45, 7) is 3.23. The average Bonchev–Trinajstić information content (AvgIpc) is 3.30. The molecule has 1 amide bonds. The van der Waals surface area contributed by atoms with E-state index in [0.717, 1.165) is 11.3 Å². The SMILES string of the molecule is Cc1nn(Cc2ccccc2)c(Cl)c1C=CC(=O)c1cccc(N2CCOC2=O)c1. The molecule has 0 spiro atoms. The van der Waals surface area contributed by atoms with Crippen LogP contribution in [0.15, 0.2) is 60.7 Å². The minimum absolute atomic E-state index is 0.185. The Morgan fingerprint density at radius 2 is 2.00 bits per heavy atom. The van der Waals surface area contributed by atoms with Crippen LogP contribution < -0.4 is 4.90 Å². The highest BCUT2D eigenvalue weighted by molar-refractivity contribution is 6.31. The average molecular weight is 422 g/mol. The molecule has 0 radical (unpaired) electrons. The van der Waals surface area contributed by atoms with Crippen molar-refractivity contribution >= 4 is 35.2 Å². The molecule has 152 valence electrons. The molecule has 0 N–H and O–H groups in total. The molecule has 1 aliphatic rings. The van der Waals surface area contributed by atoms with E-state index in [9.17, 15) is 9.59 Å². The zero-order valence-corrected chi connectivity index (χ0v) is 17.2. The highest BCUT2D eigenvalue weighted by atomic mass is 35.5. The Kier molecular flexibility index (Phi) is 5.68. The third-order valence-corrected chi connectivity index (χ3v) is 5.29. The van der Waals surface area contributed by atoms with Gasteiger partial charge < -0.3 is 4.74 Å². The van der Waals surface area contributed by atoms with Crippen LogP contribution >= 0.6 is 11.6 Å². The van der Waals surface area contributed by atoms with Crippen LogP contribution in [0.1, 0.15) is 27.2 Å². The lowest BCUT2D eigenvalue weighted by molar-refractivity contribution is 0.104. The van der Waals surface area contributed by atoms with Gasteiger partial charge in [0.25, 0.3) is 0 Å². The minimum Gasteiger partial charge on any atom is -0.447 e. The summed E-state index contributed by atoms with van der Waals surface area (Å²) in [4.78, 5) is 26.0. The van der Waals surface area contributed by atoms with Gasteiger partial charge in [0.05, 0.1) is 18.8 Å². The van der Waals surface area contributed by atoms with Crippen molar-refractivity contribution in [2.75, 3.05) is 18.1 Å². The second-order valence-electron chi connectivity index (χ2n) is 6.95. The normalized spacial score (nSPS) is 13.8. The zero-order valence-electron chi connectivity index (χ0n) is 16.4. The van der Waals surface area contributed by atoms with E-state index in [0.29, 0.717) is 41.7 Å². The molecule has 2 aromatic carbocycles. The number of carbonyl (C=O) groups excluding carboxylic acids is 2. The van der Waals surface area contributed by atoms with Crippen molar-refractivity contribution in [3.8, 4) is 0 Å². The molecule has 1 aromatic heterocycles. The summed E-state index contributed by atoms with van der Waals surface area (Å²) in [5.41, 5.74) is 3.66. The van der Waals surface area contributed by atoms with E-state index in [1.807, 2.05) is 37.3 Å². The number of amides is 1. The molecule has 4 rings (SSSR count). The van der Waals surface area contributed by atoms with Crippen molar-refractivity contribution in [3.05, 3.63) is 88.2 Å². The molecule has 0 bridgehead atoms. The number of benzene rings is 2. The first-order valence-corrected chi connectivity index (χ1v) is 9.94. The van der Waals surface area contributed by atoms with Crippen LogP contribution in [0.5, 0.6) is 0 Å². The van der Waals surface area contributed by atoms with Crippen molar-refractivity contribution in [2.45, 2.75) is 13.5 Å². The van der Waals surface area contributed by atoms with Crippen LogP contribution in [0.3, 0.4) is 0 Å². The number of ether oxygens (including phenoxy) is 1. The molecule has 2 heterocycles. The smallest absolute Gasteiger partial charge is 0.414 e. The first kappa shape index (κ1) is 19.9. The van der Waals surface area contributed by atoms with E-state index in [4.69, 9.17) is 16.3 Å². The van der Waals surface area contributed by atoms with Gasteiger partial charge in [0, 0.05) is 16.8 Å². The fourth-order valence-electron chi connectivity index (χ4n) is 3.33. The van der Waals surface area contributed by atoms with Gasteiger partial charge in [0.15, 0.2) is 5.78 Å². The molecule has 0 unspecified atom stereocenters. The second kappa shape index (κ2) is 8.55. The van der Waals surface area contributed by atoms with E-state index in [-0.39, 0.29) is 5.78 Å². The lowest BCUT2D eigenvalue weighted by atomic mass is 10.1. The Labute approximate surface area is 179 Å². The molecule has 1 saturated heterocycles. The van der Waals surface area contributed by atoms with E-state index >= 15 is 0 Å². The number of halogens is 1. The number of rotatable bonds is 6. The fourth-order valence-corrected chi connectivity index (χ4v) is 3.63. The third-order valence-electron chi connectivity index (χ3n) is 4.89. The van der Waals surface area contributed by atoms with Crippen LogP contribution in [-0.2, 0) is 11.3 Å². The van der Waals surface area contributed by atoms with Crippen LogP contribution in [0.25, 0.3) is 6.08 Å². The summed E-state index contributed by atoms with van der Waals surface area (Å²) in [6, 6.07) is 16.8. The highest BCUT2D eigenvalue weighted by Gasteiger charge is 2.24. The zero-order chi connectivity index (χ0) is 21.1. The number of cyclic esters (lactones) is 1. The van der Waals surface area contributed by atoms with E-state index in [2.05, 4.69) is 5.10 Å². The van der Waals surface area contributed by atoms with Gasteiger partial charge in [-0.15, -0.1) is 0 Å². The van der Waals surface area contributed by atoms with Crippen LogP contribution in [0.4, 0.5) is 10.5 Å². The highest BCUT2D eigenvalue weighted by Crippen LogP contribution is 2.24. The number of aromatic nitrogens is 2. The molecule has 1 fully saturated rings.